The monoisotopic (exact) mass is 465 g/mol. The van der Waals surface area contributed by atoms with Crippen LogP contribution in [0.3, 0.4) is 0 Å². The quantitative estimate of drug-likeness (QED) is 0.297. The van der Waals surface area contributed by atoms with E-state index in [0.717, 1.165) is 48.3 Å². The van der Waals surface area contributed by atoms with E-state index < -0.39 is 0 Å². The van der Waals surface area contributed by atoms with Gasteiger partial charge in [0.1, 0.15) is 0 Å². The molecular weight excluding hydrogens is 441 g/mol. The van der Waals surface area contributed by atoms with Gasteiger partial charge in [-0.25, -0.2) is 9.97 Å². The van der Waals surface area contributed by atoms with Crippen LogP contribution in [0.2, 0.25) is 0 Å². The third-order valence-corrected chi connectivity index (χ3v) is 5.27. The second-order valence-electron chi connectivity index (χ2n) is 5.08. The molecule has 5 nitrogen and oxygen atoms in total. The first-order valence-electron chi connectivity index (χ1n) is 7.37. The highest BCUT2D eigenvalue weighted by molar-refractivity contribution is 14.0. The van der Waals surface area contributed by atoms with Crippen LogP contribution in [-0.4, -0.2) is 29.5 Å². The predicted octanol–water partition coefficient (Wildman–Crippen LogP) is 3.44. The zero-order chi connectivity index (χ0) is 15.9. The Balaban J connectivity index is 0.00000264. The van der Waals surface area contributed by atoms with Gasteiger partial charge in [-0.1, -0.05) is 0 Å². The Morgan fingerprint density at radius 2 is 2.00 bits per heavy atom. The summed E-state index contributed by atoms with van der Waals surface area (Å²) in [6.07, 6.45) is 2.06. The van der Waals surface area contributed by atoms with Gasteiger partial charge in [0.15, 0.2) is 5.96 Å². The molecule has 2 aromatic heterocycles. The predicted molar refractivity (Wildman–Crippen MR) is 110 cm³/mol. The van der Waals surface area contributed by atoms with Crippen LogP contribution in [0.5, 0.6) is 0 Å². The van der Waals surface area contributed by atoms with E-state index in [-0.39, 0.29) is 24.0 Å². The molecule has 0 radical (unpaired) electrons. The van der Waals surface area contributed by atoms with Crippen molar-refractivity contribution in [3.05, 3.63) is 31.7 Å². The molecule has 2 aromatic rings. The minimum absolute atomic E-state index is 0. The molecule has 0 fully saturated rings. The number of aromatic nitrogens is 2. The molecule has 0 unspecified atom stereocenters. The number of rotatable bonds is 6. The fraction of sp³-hybridized carbons (Fsp3) is 0.533. The summed E-state index contributed by atoms with van der Waals surface area (Å²) in [7, 11) is 1.80. The number of thiazole rings is 2. The van der Waals surface area contributed by atoms with E-state index in [1.807, 2.05) is 20.8 Å². The maximum atomic E-state index is 4.47. The zero-order valence-electron chi connectivity index (χ0n) is 14.0. The molecule has 0 amide bonds. The number of nitrogens with zero attached hydrogens (tertiary/aromatic N) is 3. The van der Waals surface area contributed by atoms with Crippen LogP contribution >= 0.6 is 46.7 Å². The molecule has 0 bridgehead atoms. The molecule has 0 aromatic carbocycles. The van der Waals surface area contributed by atoms with Crippen LogP contribution in [0, 0.1) is 20.8 Å². The lowest BCUT2D eigenvalue weighted by molar-refractivity contribution is 0.739. The first-order chi connectivity index (χ1) is 10.6. The highest BCUT2D eigenvalue weighted by Gasteiger charge is 2.05. The second kappa shape index (κ2) is 10.2. The first kappa shape index (κ1) is 20.3. The summed E-state index contributed by atoms with van der Waals surface area (Å²) in [6, 6.07) is 0. The molecule has 0 aliphatic carbocycles. The van der Waals surface area contributed by atoms with E-state index in [1.54, 1.807) is 29.7 Å². The number of hydrogen-bond acceptors (Lipinski definition) is 5. The number of aliphatic imine (C=N–C) groups is 1. The maximum absolute atomic E-state index is 4.47. The number of nitrogens with one attached hydrogen (secondary N) is 2. The van der Waals surface area contributed by atoms with Gasteiger partial charge in [0, 0.05) is 36.0 Å². The average Bonchev–Trinajstić information content (AvgIpc) is 3.03. The molecule has 128 valence electrons. The van der Waals surface area contributed by atoms with Gasteiger partial charge in [-0.15, -0.1) is 46.7 Å². The third kappa shape index (κ3) is 6.72. The van der Waals surface area contributed by atoms with Crippen molar-refractivity contribution >= 4 is 52.6 Å². The lowest BCUT2D eigenvalue weighted by Gasteiger charge is -2.11. The van der Waals surface area contributed by atoms with Gasteiger partial charge in [-0.3, -0.25) is 4.99 Å². The van der Waals surface area contributed by atoms with Crippen molar-refractivity contribution in [2.75, 3.05) is 13.6 Å². The Labute approximate surface area is 163 Å². The van der Waals surface area contributed by atoms with Crippen molar-refractivity contribution in [2.45, 2.75) is 40.2 Å². The highest BCUT2D eigenvalue weighted by Crippen LogP contribution is 2.16. The normalized spacial score (nSPS) is 11.2. The molecule has 0 saturated carbocycles. The molecule has 0 aliphatic rings. The molecule has 0 aliphatic heterocycles. The second-order valence-corrected chi connectivity index (χ2v) is 7.31. The molecule has 2 rings (SSSR count). The van der Waals surface area contributed by atoms with Crippen LogP contribution < -0.4 is 10.6 Å². The van der Waals surface area contributed by atoms with Crippen molar-refractivity contribution < 1.29 is 0 Å². The lowest BCUT2D eigenvalue weighted by atomic mass is 10.3. The fourth-order valence-corrected chi connectivity index (χ4v) is 3.78. The molecule has 2 N–H and O–H groups in total. The number of aryl methyl sites for hydroxylation is 4. The van der Waals surface area contributed by atoms with E-state index in [0.29, 0.717) is 0 Å². The number of guanidine groups is 1. The summed E-state index contributed by atoms with van der Waals surface area (Å²) in [6.45, 7) is 7.77. The summed E-state index contributed by atoms with van der Waals surface area (Å²) in [4.78, 5) is 14.4. The SMILES string of the molecule is CN=C(NCCCc1nc(C)cs1)NCc1sc(C)nc1C.I. The van der Waals surface area contributed by atoms with E-state index in [4.69, 9.17) is 0 Å². The summed E-state index contributed by atoms with van der Waals surface area (Å²) >= 11 is 3.47. The minimum Gasteiger partial charge on any atom is -0.356 e. The van der Waals surface area contributed by atoms with Crippen molar-refractivity contribution in [1.82, 2.24) is 20.6 Å². The standard InChI is InChI=1S/C15H23N5S2.HI/c1-10-9-21-14(19-10)6-5-7-17-15(16-4)18-8-13-11(2)20-12(3)22-13;/h9H,5-8H2,1-4H3,(H2,16,17,18);1H. The van der Waals surface area contributed by atoms with E-state index in [9.17, 15) is 0 Å². The van der Waals surface area contributed by atoms with Gasteiger partial charge in [0.05, 0.1) is 22.3 Å². The van der Waals surface area contributed by atoms with Gasteiger partial charge >= 0.3 is 0 Å². The highest BCUT2D eigenvalue weighted by atomic mass is 127. The third-order valence-electron chi connectivity index (χ3n) is 3.17. The van der Waals surface area contributed by atoms with Crippen molar-refractivity contribution in [3.8, 4) is 0 Å². The Morgan fingerprint density at radius 1 is 1.22 bits per heavy atom. The van der Waals surface area contributed by atoms with Gasteiger partial charge in [-0.2, -0.15) is 0 Å². The van der Waals surface area contributed by atoms with Crippen LogP contribution in [0.15, 0.2) is 10.4 Å². The average molecular weight is 465 g/mol. The fourth-order valence-electron chi connectivity index (χ4n) is 2.09. The maximum Gasteiger partial charge on any atom is 0.191 e. The Bertz CT molecular complexity index is 636. The van der Waals surface area contributed by atoms with Crippen molar-refractivity contribution in [1.29, 1.82) is 0 Å². The van der Waals surface area contributed by atoms with Gasteiger partial charge in [0.2, 0.25) is 0 Å². The molecule has 8 heteroatoms. The Hall–Kier alpha value is -0.740. The smallest absolute Gasteiger partial charge is 0.191 e. The molecule has 0 atom stereocenters. The van der Waals surface area contributed by atoms with E-state index in [1.165, 1.54) is 9.88 Å². The number of hydrogen-bond donors (Lipinski definition) is 2. The van der Waals surface area contributed by atoms with Crippen LogP contribution in [-0.2, 0) is 13.0 Å². The topological polar surface area (TPSA) is 62.2 Å². The molecule has 2 heterocycles. The minimum atomic E-state index is 0. The van der Waals surface area contributed by atoms with Crippen LogP contribution in [0.1, 0.15) is 32.7 Å². The molecule has 0 saturated heterocycles. The van der Waals surface area contributed by atoms with E-state index >= 15 is 0 Å². The molecule has 23 heavy (non-hydrogen) atoms. The Kier molecular flexibility index (Phi) is 9.00. The summed E-state index contributed by atoms with van der Waals surface area (Å²) in [5.74, 6) is 0.834. The van der Waals surface area contributed by atoms with Crippen LogP contribution in [0.25, 0.3) is 0 Å². The Morgan fingerprint density at radius 3 is 2.57 bits per heavy atom. The van der Waals surface area contributed by atoms with Gasteiger partial charge in [0.25, 0.3) is 0 Å². The first-order valence-corrected chi connectivity index (χ1v) is 9.06. The van der Waals surface area contributed by atoms with Crippen molar-refractivity contribution in [3.63, 3.8) is 0 Å². The van der Waals surface area contributed by atoms with Crippen LogP contribution in [0.4, 0.5) is 0 Å². The lowest BCUT2D eigenvalue weighted by Crippen LogP contribution is -2.37. The zero-order valence-corrected chi connectivity index (χ0v) is 17.9. The summed E-state index contributed by atoms with van der Waals surface area (Å²) in [5, 5.41) is 11.1. The molecular formula is C15H24IN5S2. The number of halogens is 1. The van der Waals surface area contributed by atoms with Gasteiger partial charge < -0.3 is 10.6 Å². The van der Waals surface area contributed by atoms with Crippen molar-refractivity contribution in [2.24, 2.45) is 4.99 Å². The van der Waals surface area contributed by atoms with Gasteiger partial charge in [-0.05, 0) is 27.2 Å². The molecule has 0 spiro atoms. The van der Waals surface area contributed by atoms with E-state index in [2.05, 4.69) is 31.0 Å². The summed E-state index contributed by atoms with van der Waals surface area (Å²) < 4.78 is 0. The largest absolute Gasteiger partial charge is 0.356 e. The summed E-state index contributed by atoms with van der Waals surface area (Å²) in [5.41, 5.74) is 2.21.